The molecule has 0 spiro atoms. The van der Waals surface area contributed by atoms with E-state index in [0.717, 1.165) is 6.07 Å². The van der Waals surface area contributed by atoms with E-state index in [1.54, 1.807) is 0 Å². The van der Waals surface area contributed by atoms with Gasteiger partial charge >= 0.3 is 6.61 Å². The van der Waals surface area contributed by atoms with Crippen LogP contribution in [0.3, 0.4) is 0 Å². The highest BCUT2D eigenvalue weighted by Gasteiger charge is 2.50. The number of ether oxygens (including phenoxy) is 1. The fraction of sp³-hybridized carbons (Fsp3) is 0.409. The Morgan fingerprint density at radius 3 is 2.76 bits per heavy atom. The Morgan fingerprint density at radius 1 is 1.29 bits per heavy atom. The molecule has 180 valence electrons. The molecule has 0 atom stereocenters. The molecular formula is C22H21F4N5O3. The van der Waals surface area contributed by atoms with Gasteiger partial charge in [-0.15, -0.1) is 0 Å². The Labute approximate surface area is 190 Å². The molecule has 1 saturated carbocycles. The first kappa shape index (κ1) is 22.4. The third-order valence-electron chi connectivity index (χ3n) is 6.67. The number of aromatic amines is 2. The fourth-order valence-corrected chi connectivity index (χ4v) is 4.39. The molecule has 2 aliphatic rings. The number of rotatable bonds is 6. The van der Waals surface area contributed by atoms with Gasteiger partial charge < -0.3 is 19.5 Å². The number of carbonyl (C=O) groups excluding carboxylic acids is 2. The molecule has 1 aromatic carbocycles. The van der Waals surface area contributed by atoms with E-state index < -0.39 is 35.6 Å². The number of benzene rings is 1. The average molecular weight is 479 g/mol. The van der Waals surface area contributed by atoms with E-state index in [2.05, 4.69) is 19.9 Å². The van der Waals surface area contributed by atoms with Crippen LogP contribution in [0.5, 0.6) is 0 Å². The van der Waals surface area contributed by atoms with Crippen molar-refractivity contribution in [3.63, 3.8) is 0 Å². The van der Waals surface area contributed by atoms with Crippen LogP contribution < -0.4 is 0 Å². The Morgan fingerprint density at radius 2 is 2.06 bits per heavy atom. The lowest BCUT2D eigenvalue weighted by Gasteiger charge is -2.29. The van der Waals surface area contributed by atoms with Crippen LogP contribution in [0.15, 0.2) is 18.2 Å². The Hall–Kier alpha value is -3.41. The number of amides is 2. The summed E-state index contributed by atoms with van der Waals surface area (Å²) in [4.78, 5) is 31.9. The highest BCUT2D eigenvalue weighted by atomic mass is 19.3. The van der Waals surface area contributed by atoms with E-state index in [-0.39, 0.29) is 29.9 Å². The number of hydrogen-bond donors (Lipinski definition) is 2. The summed E-state index contributed by atoms with van der Waals surface area (Å²) in [5.41, 5.74) is 0.949. The first-order valence-corrected chi connectivity index (χ1v) is 10.7. The SMILES string of the molecule is CN(C(=O)c1n[nH]c2c1CN(C(=O)c1cc3c(F)c(F)ccc3[nH]1)CC2)C1(COC(F)F)CC1. The van der Waals surface area contributed by atoms with Crippen molar-refractivity contribution < 1.29 is 31.9 Å². The van der Waals surface area contributed by atoms with Crippen molar-refractivity contribution in [2.45, 2.75) is 38.0 Å². The molecule has 1 aliphatic carbocycles. The molecular weight excluding hydrogens is 458 g/mol. The highest BCUT2D eigenvalue weighted by Crippen LogP contribution is 2.42. The van der Waals surface area contributed by atoms with Crippen molar-refractivity contribution in [3.8, 4) is 0 Å². The lowest BCUT2D eigenvalue weighted by Crippen LogP contribution is -2.43. The second kappa shape index (κ2) is 8.12. The zero-order chi connectivity index (χ0) is 24.2. The number of carbonyl (C=O) groups is 2. The number of alkyl halides is 2. The standard InChI is InChI=1S/C22H21F4N5O3/c1-30(22(5-6-22)10-34-21(25)26)20(33)18-12-9-31(7-4-15(12)28-29-18)19(32)16-8-11-14(27-16)3-2-13(23)17(11)24/h2-3,8,21,27H,4-7,9-10H2,1H3,(H,28,29). The molecule has 5 rings (SSSR count). The minimum atomic E-state index is -2.92. The van der Waals surface area contributed by atoms with Gasteiger partial charge in [-0.05, 0) is 31.0 Å². The van der Waals surface area contributed by atoms with Crippen LogP contribution in [0.4, 0.5) is 17.6 Å². The largest absolute Gasteiger partial charge is 0.350 e. The molecule has 2 N–H and O–H groups in total. The van der Waals surface area contributed by atoms with Gasteiger partial charge in [0.15, 0.2) is 17.3 Å². The summed E-state index contributed by atoms with van der Waals surface area (Å²) in [6, 6.07) is 3.60. The number of H-pyrrole nitrogens is 2. The summed E-state index contributed by atoms with van der Waals surface area (Å²) in [6.07, 6.45) is 1.49. The second-order valence-corrected chi connectivity index (χ2v) is 8.67. The first-order valence-electron chi connectivity index (χ1n) is 10.7. The first-order chi connectivity index (χ1) is 16.2. The Balaban J connectivity index is 1.36. The summed E-state index contributed by atoms with van der Waals surface area (Å²) in [6.45, 7) is -2.79. The predicted molar refractivity (Wildman–Crippen MR) is 111 cm³/mol. The Kier molecular flexibility index (Phi) is 5.34. The molecule has 34 heavy (non-hydrogen) atoms. The van der Waals surface area contributed by atoms with E-state index in [0.29, 0.717) is 42.6 Å². The summed E-state index contributed by atoms with van der Waals surface area (Å²) < 4.78 is 57.0. The molecule has 0 bridgehead atoms. The van der Waals surface area contributed by atoms with E-state index in [1.165, 1.54) is 29.0 Å². The van der Waals surface area contributed by atoms with Crippen LogP contribution in [0.2, 0.25) is 0 Å². The summed E-state index contributed by atoms with van der Waals surface area (Å²) in [7, 11) is 1.52. The maximum Gasteiger partial charge on any atom is 0.345 e. The normalized spacial score (nSPS) is 16.7. The summed E-state index contributed by atoms with van der Waals surface area (Å²) in [5.74, 6) is -2.93. The summed E-state index contributed by atoms with van der Waals surface area (Å²) >= 11 is 0. The molecule has 2 amide bonds. The van der Waals surface area contributed by atoms with Gasteiger partial charge in [0.1, 0.15) is 5.69 Å². The lowest BCUT2D eigenvalue weighted by atomic mass is 10.0. The van der Waals surface area contributed by atoms with Crippen LogP contribution in [0, 0.1) is 11.6 Å². The molecule has 8 nitrogen and oxygen atoms in total. The average Bonchev–Trinajstić information content (AvgIpc) is 3.30. The molecule has 0 radical (unpaired) electrons. The van der Waals surface area contributed by atoms with Gasteiger partial charge in [0.25, 0.3) is 11.8 Å². The van der Waals surface area contributed by atoms with E-state index in [1.807, 2.05) is 0 Å². The summed E-state index contributed by atoms with van der Waals surface area (Å²) in [5, 5.41) is 6.94. The van der Waals surface area contributed by atoms with Crippen LogP contribution in [0.25, 0.3) is 10.9 Å². The second-order valence-electron chi connectivity index (χ2n) is 8.67. The maximum atomic E-state index is 14.1. The predicted octanol–water partition coefficient (Wildman–Crippen LogP) is 3.21. The van der Waals surface area contributed by atoms with Crippen molar-refractivity contribution in [1.82, 2.24) is 25.0 Å². The van der Waals surface area contributed by atoms with Crippen LogP contribution in [-0.2, 0) is 17.7 Å². The zero-order valence-electron chi connectivity index (χ0n) is 18.1. The minimum Gasteiger partial charge on any atom is -0.350 e. The van der Waals surface area contributed by atoms with Crippen molar-refractivity contribution in [2.75, 3.05) is 20.2 Å². The lowest BCUT2D eigenvalue weighted by molar-refractivity contribution is -0.141. The van der Waals surface area contributed by atoms with E-state index >= 15 is 0 Å². The molecule has 3 heterocycles. The molecule has 0 saturated heterocycles. The minimum absolute atomic E-state index is 0.0254. The number of nitrogens with one attached hydrogen (secondary N) is 2. The van der Waals surface area contributed by atoms with Crippen molar-refractivity contribution in [3.05, 3.63) is 52.5 Å². The molecule has 12 heteroatoms. The van der Waals surface area contributed by atoms with Gasteiger partial charge in [-0.3, -0.25) is 14.7 Å². The number of aromatic nitrogens is 3. The highest BCUT2D eigenvalue weighted by molar-refractivity contribution is 5.99. The monoisotopic (exact) mass is 479 g/mol. The van der Waals surface area contributed by atoms with Crippen molar-refractivity contribution in [1.29, 1.82) is 0 Å². The topological polar surface area (TPSA) is 94.3 Å². The van der Waals surface area contributed by atoms with E-state index in [9.17, 15) is 27.2 Å². The number of fused-ring (bicyclic) bond motifs is 2. The third-order valence-corrected chi connectivity index (χ3v) is 6.67. The molecule has 1 fully saturated rings. The Bertz CT molecular complexity index is 1280. The van der Waals surface area contributed by atoms with Crippen molar-refractivity contribution >= 4 is 22.7 Å². The van der Waals surface area contributed by atoms with Gasteiger partial charge in [-0.1, -0.05) is 0 Å². The quantitative estimate of drug-likeness (QED) is 0.531. The van der Waals surface area contributed by atoms with Gasteiger partial charge in [0, 0.05) is 42.2 Å². The fourth-order valence-electron chi connectivity index (χ4n) is 4.39. The molecule has 1 aliphatic heterocycles. The van der Waals surface area contributed by atoms with E-state index in [4.69, 9.17) is 0 Å². The van der Waals surface area contributed by atoms with Crippen molar-refractivity contribution in [2.24, 2.45) is 0 Å². The number of halogens is 4. The van der Waals surface area contributed by atoms with Gasteiger partial charge in [-0.2, -0.15) is 13.9 Å². The van der Waals surface area contributed by atoms with Crippen LogP contribution >= 0.6 is 0 Å². The number of likely N-dealkylation sites (N-methyl/N-ethyl adjacent to an activating group) is 1. The van der Waals surface area contributed by atoms with Gasteiger partial charge in [0.05, 0.1) is 18.7 Å². The molecule has 3 aromatic rings. The number of nitrogens with zero attached hydrogens (tertiary/aromatic N) is 3. The van der Waals surface area contributed by atoms with Gasteiger partial charge in [0.2, 0.25) is 0 Å². The maximum absolute atomic E-state index is 14.1. The third kappa shape index (κ3) is 3.71. The van der Waals surface area contributed by atoms with Crippen LogP contribution in [-0.4, -0.2) is 69.1 Å². The number of hydrogen-bond acceptors (Lipinski definition) is 4. The zero-order valence-corrected chi connectivity index (χ0v) is 18.1. The smallest absolute Gasteiger partial charge is 0.345 e. The van der Waals surface area contributed by atoms with Crippen LogP contribution in [0.1, 0.15) is 45.1 Å². The van der Waals surface area contributed by atoms with Gasteiger partial charge in [-0.25, -0.2) is 8.78 Å². The molecule has 2 aromatic heterocycles. The molecule has 0 unspecified atom stereocenters.